The van der Waals surface area contributed by atoms with E-state index in [4.69, 9.17) is 0 Å². The normalized spacial score (nSPS) is 22.2. The summed E-state index contributed by atoms with van der Waals surface area (Å²) in [5.41, 5.74) is -1.31. The van der Waals surface area contributed by atoms with Gasteiger partial charge in [0, 0.05) is 25.7 Å². The molecule has 0 bridgehead atoms. The van der Waals surface area contributed by atoms with Crippen LogP contribution in [0.2, 0.25) is 0 Å². The summed E-state index contributed by atoms with van der Waals surface area (Å²) in [5.74, 6) is -0.315. The fraction of sp³-hybridized carbons (Fsp3) is 0.733. The van der Waals surface area contributed by atoms with Crippen molar-refractivity contribution in [2.24, 2.45) is 5.92 Å². The predicted octanol–water partition coefficient (Wildman–Crippen LogP) is 2.33. The highest BCUT2D eigenvalue weighted by molar-refractivity contribution is 5.95. The van der Waals surface area contributed by atoms with Gasteiger partial charge >= 0.3 is 6.18 Å². The Labute approximate surface area is 134 Å². The minimum atomic E-state index is -4.59. The number of carbonyl (C=O) groups is 1. The molecule has 0 unspecified atom stereocenters. The lowest BCUT2D eigenvalue weighted by molar-refractivity contribution is -0.144. The van der Waals surface area contributed by atoms with Crippen molar-refractivity contribution in [3.8, 4) is 0 Å². The zero-order valence-corrected chi connectivity index (χ0v) is 13.9. The zero-order valence-electron chi connectivity index (χ0n) is 13.9. The van der Waals surface area contributed by atoms with Crippen molar-refractivity contribution in [2.75, 3.05) is 27.2 Å². The Morgan fingerprint density at radius 2 is 2.00 bits per heavy atom. The molecule has 1 aliphatic heterocycles. The Morgan fingerprint density at radius 1 is 1.35 bits per heavy atom. The minimum absolute atomic E-state index is 0.0695. The molecule has 2 heterocycles. The Hall–Kier alpha value is -1.57. The molecule has 1 amide bonds. The second-order valence-corrected chi connectivity index (χ2v) is 6.13. The third kappa shape index (κ3) is 3.36. The molecule has 0 N–H and O–H groups in total. The van der Waals surface area contributed by atoms with E-state index in [1.54, 1.807) is 6.92 Å². The number of hydrogen-bond donors (Lipinski definition) is 0. The smallest absolute Gasteiger partial charge is 0.337 e. The molecule has 1 aromatic rings. The molecule has 0 spiro atoms. The van der Waals surface area contributed by atoms with Gasteiger partial charge in [-0.15, -0.1) is 0 Å². The van der Waals surface area contributed by atoms with E-state index in [-0.39, 0.29) is 24.1 Å². The highest BCUT2D eigenvalue weighted by Crippen LogP contribution is 2.33. The summed E-state index contributed by atoms with van der Waals surface area (Å²) in [6, 6.07) is 0.166. The van der Waals surface area contributed by atoms with E-state index in [1.165, 1.54) is 4.90 Å². The van der Waals surface area contributed by atoms with Crippen LogP contribution in [0.1, 0.15) is 36.3 Å². The van der Waals surface area contributed by atoms with Gasteiger partial charge in [-0.3, -0.25) is 9.48 Å². The van der Waals surface area contributed by atoms with Gasteiger partial charge in [-0.1, -0.05) is 13.3 Å². The molecular weight excluding hydrogens is 309 g/mol. The molecule has 1 aliphatic rings. The molecule has 1 aromatic heterocycles. The lowest BCUT2D eigenvalue weighted by atomic mass is 10.0. The number of nitrogens with zero attached hydrogens (tertiary/aromatic N) is 4. The van der Waals surface area contributed by atoms with Crippen molar-refractivity contribution in [3.63, 3.8) is 0 Å². The fourth-order valence-corrected chi connectivity index (χ4v) is 3.26. The number of alkyl halides is 3. The second-order valence-electron chi connectivity index (χ2n) is 6.13. The van der Waals surface area contributed by atoms with Crippen LogP contribution in [0.25, 0.3) is 0 Å². The number of likely N-dealkylation sites (N-methyl/N-ethyl adjacent to an activating group) is 1. The van der Waals surface area contributed by atoms with Crippen LogP contribution in [0.5, 0.6) is 0 Å². The molecule has 0 aromatic carbocycles. The summed E-state index contributed by atoms with van der Waals surface area (Å²) in [6.45, 7) is 4.60. The molecule has 1 fully saturated rings. The van der Waals surface area contributed by atoms with E-state index in [1.807, 2.05) is 25.9 Å². The molecule has 0 saturated carbocycles. The van der Waals surface area contributed by atoms with Crippen LogP contribution in [0.4, 0.5) is 13.2 Å². The average Bonchev–Trinajstić information content (AvgIpc) is 3.09. The van der Waals surface area contributed by atoms with Gasteiger partial charge in [0.15, 0.2) is 5.69 Å². The summed E-state index contributed by atoms with van der Waals surface area (Å²) < 4.78 is 40.7. The monoisotopic (exact) mass is 332 g/mol. The maximum Gasteiger partial charge on any atom is 0.433 e. The molecule has 8 heteroatoms. The largest absolute Gasteiger partial charge is 0.433 e. The second kappa shape index (κ2) is 6.51. The highest BCUT2D eigenvalue weighted by atomic mass is 19.4. The predicted molar refractivity (Wildman–Crippen MR) is 80.1 cm³/mol. The van der Waals surface area contributed by atoms with Gasteiger partial charge in [0.1, 0.15) is 0 Å². The Bertz CT molecular complexity index is 568. The molecule has 0 radical (unpaired) electrons. The van der Waals surface area contributed by atoms with Crippen molar-refractivity contribution in [3.05, 3.63) is 17.5 Å². The molecule has 2 rings (SSSR count). The van der Waals surface area contributed by atoms with Crippen molar-refractivity contribution in [2.45, 2.75) is 39.0 Å². The van der Waals surface area contributed by atoms with Gasteiger partial charge in [0.2, 0.25) is 0 Å². The molecule has 5 nitrogen and oxygen atoms in total. The van der Waals surface area contributed by atoms with E-state index < -0.39 is 17.8 Å². The molecule has 130 valence electrons. The standard InChI is InChI=1S/C15H23F3N4O/c1-5-10-8-21(9-12(10)20(3)4)14(23)11-7-19-22(6-2)13(11)15(16,17)18/h7,10,12H,5-6,8-9H2,1-4H3/t10-,12-/m1/s1. The number of carbonyl (C=O) groups excluding carboxylic acids is 1. The Balaban J connectivity index is 2.30. The third-order valence-electron chi connectivity index (χ3n) is 4.52. The summed E-state index contributed by atoms with van der Waals surface area (Å²) in [4.78, 5) is 16.2. The Morgan fingerprint density at radius 3 is 2.43 bits per heavy atom. The van der Waals surface area contributed by atoms with Gasteiger partial charge in [-0.05, 0) is 26.9 Å². The lowest BCUT2D eigenvalue weighted by Gasteiger charge is -2.23. The first-order valence-electron chi connectivity index (χ1n) is 7.79. The molecule has 23 heavy (non-hydrogen) atoms. The number of rotatable bonds is 4. The van der Waals surface area contributed by atoms with Gasteiger partial charge in [0.25, 0.3) is 5.91 Å². The SMILES string of the molecule is CC[C@@H]1CN(C(=O)c2cnn(CC)c2C(F)(F)F)C[C@H]1N(C)C. The number of halogens is 3. The van der Waals surface area contributed by atoms with Crippen molar-refractivity contribution >= 4 is 5.91 Å². The molecular formula is C15H23F3N4O. The van der Waals surface area contributed by atoms with E-state index in [0.29, 0.717) is 13.1 Å². The van der Waals surface area contributed by atoms with Crippen LogP contribution < -0.4 is 0 Å². The van der Waals surface area contributed by atoms with Crippen molar-refractivity contribution in [1.82, 2.24) is 19.6 Å². The van der Waals surface area contributed by atoms with Gasteiger partial charge in [-0.25, -0.2) is 0 Å². The van der Waals surface area contributed by atoms with Crippen molar-refractivity contribution in [1.29, 1.82) is 0 Å². The fourth-order valence-electron chi connectivity index (χ4n) is 3.26. The van der Waals surface area contributed by atoms with Crippen LogP contribution >= 0.6 is 0 Å². The topological polar surface area (TPSA) is 41.4 Å². The number of amides is 1. The van der Waals surface area contributed by atoms with E-state index >= 15 is 0 Å². The van der Waals surface area contributed by atoms with E-state index in [0.717, 1.165) is 17.3 Å². The highest BCUT2D eigenvalue weighted by Gasteiger charge is 2.43. The lowest BCUT2D eigenvalue weighted by Crippen LogP contribution is -2.36. The Kier molecular flexibility index (Phi) is 5.03. The average molecular weight is 332 g/mol. The van der Waals surface area contributed by atoms with Crippen LogP contribution in [0, 0.1) is 5.92 Å². The van der Waals surface area contributed by atoms with Gasteiger partial charge in [0.05, 0.1) is 11.8 Å². The van der Waals surface area contributed by atoms with Gasteiger partial charge in [-0.2, -0.15) is 18.3 Å². The van der Waals surface area contributed by atoms with Gasteiger partial charge < -0.3 is 9.80 Å². The number of aryl methyl sites for hydroxylation is 1. The first kappa shape index (κ1) is 17.8. The van der Waals surface area contributed by atoms with Crippen LogP contribution in [-0.4, -0.2) is 58.7 Å². The summed E-state index contributed by atoms with van der Waals surface area (Å²) in [6.07, 6.45) is -2.67. The summed E-state index contributed by atoms with van der Waals surface area (Å²) in [5, 5.41) is 3.73. The molecule has 0 aliphatic carbocycles. The minimum Gasteiger partial charge on any atom is -0.337 e. The molecule has 2 atom stereocenters. The number of hydrogen-bond acceptors (Lipinski definition) is 3. The maximum atomic E-state index is 13.3. The third-order valence-corrected chi connectivity index (χ3v) is 4.52. The van der Waals surface area contributed by atoms with Crippen molar-refractivity contribution < 1.29 is 18.0 Å². The van der Waals surface area contributed by atoms with Crippen LogP contribution in [-0.2, 0) is 12.7 Å². The number of aromatic nitrogens is 2. The van der Waals surface area contributed by atoms with Crippen LogP contribution in [0.3, 0.4) is 0 Å². The molecule has 1 saturated heterocycles. The number of likely N-dealkylation sites (tertiary alicyclic amines) is 1. The summed E-state index contributed by atoms with van der Waals surface area (Å²) >= 11 is 0. The van der Waals surface area contributed by atoms with Crippen LogP contribution in [0.15, 0.2) is 6.20 Å². The quantitative estimate of drug-likeness (QED) is 0.850. The summed E-state index contributed by atoms with van der Waals surface area (Å²) in [7, 11) is 3.86. The maximum absolute atomic E-state index is 13.3. The van der Waals surface area contributed by atoms with E-state index in [2.05, 4.69) is 5.10 Å². The first-order chi connectivity index (χ1) is 10.7. The van der Waals surface area contributed by atoms with E-state index in [9.17, 15) is 18.0 Å². The zero-order chi connectivity index (χ0) is 17.4. The first-order valence-corrected chi connectivity index (χ1v) is 7.79.